The summed E-state index contributed by atoms with van der Waals surface area (Å²) >= 11 is 0. The number of carbonyl (C=O) groups excluding carboxylic acids is 1. The van der Waals surface area contributed by atoms with E-state index in [4.69, 9.17) is 4.74 Å². The molecule has 2 N–H and O–H groups in total. The summed E-state index contributed by atoms with van der Waals surface area (Å²) in [6.45, 7) is 4.38. The number of rotatable bonds is 7. The summed E-state index contributed by atoms with van der Waals surface area (Å²) in [5.41, 5.74) is 0.793. The van der Waals surface area contributed by atoms with Gasteiger partial charge in [0.2, 0.25) is 5.91 Å². The smallest absolute Gasteiger partial charge is 0.241 e. The van der Waals surface area contributed by atoms with Crippen molar-refractivity contribution in [2.24, 2.45) is 10.9 Å². The molecule has 1 heterocycles. The SMILES string of the molecule is CN=C(NCC(=O)N1CCCCC1)NC(C)c1ccc(OCC2CC2)c(F)c1.I. The third kappa shape index (κ3) is 7.31. The highest BCUT2D eigenvalue weighted by Gasteiger charge is 2.23. The van der Waals surface area contributed by atoms with E-state index in [2.05, 4.69) is 15.6 Å². The summed E-state index contributed by atoms with van der Waals surface area (Å²) < 4.78 is 19.9. The second-order valence-electron chi connectivity index (χ2n) is 7.68. The van der Waals surface area contributed by atoms with E-state index in [1.165, 1.54) is 25.3 Å². The van der Waals surface area contributed by atoms with Crippen LogP contribution in [0.25, 0.3) is 0 Å². The summed E-state index contributed by atoms with van der Waals surface area (Å²) in [5.74, 6) is 1.14. The molecule has 1 aliphatic heterocycles. The largest absolute Gasteiger partial charge is 0.490 e. The second kappa shape index (κ2) is 11.6. The van der Waals surface area contributed by atoms with Crippen molar-refractivity contribution in [3.05, 3.63) is 29.6 Å². The van der Waals surface area contributed by atoms with Crippen LogP contribution in [0.5, 0.6) is 5.75 Å². The molecule has 0 bridgehead atoms. The predicted molar refractivity (Wildman–Crippen MR) is 123 cm³/mol. The van der Waals surface area contributed by atoms with Crippen LogP contribution in [0.15, 0.2) is 23.2 Å². The molecule has 29 heavy (non-hydrogen) atoms. The van der Waals surface area contributed by atoms with E-state index in [-0.39, 0.29) is 48.3 Å². The first kappa shape index (κ1) is 23.7. The van der Waals surface area contributed by atoms with E-state index in [9.17, 15) is 9.18 Å². The van der Waals surface area contributed by atoms with Crippen molar-refractivity contribution >= 4 is 35.8 Å². The molecule has 0 spiro atoms. The van der Waals surface area contributed by atoms with Gasteiger partial charge in [-0.25, -0.2) is 4.39 Å². The molecule has 2 fully saturated rings. The van der Waals surface area contributed by atoms with Crippen LogP contribution in [0.3, 0.4) is 0 Å². The molecule has 162 valence electrons. The number of likely N-dealkylation sites (tertiary alicyclic amines) is 1. The van der Waals surface area contributed by atoms with Crippen LogP contribution in [0.4, 0.5) is 4.39 Å². The number of aliphatic imine (C=N–C) groups is 1. The van der Waals surface area contributed by atoms with Crippen molar-refractivity contribution < 1.29 is 13.9 Å². The molecule has 1 aromatic carbocycles. The van der Waals surface area contributed by atoms with Gasteiger partial charge in [-0.15, -0.1) is 24.0 Å². The van der Waals surface area contributed by atoms with E-state index in [0.29, 0.717) is 24.2 Å². The third-order valence-electron chi connectivity index (χ3n) is 5.32. The van der Waals surface area contributed by atoms with Gasteiger partial charge >= 0.3 is 0 Å². The highest BCUT2D eigenvalue weighted by Crippen LogP contribution is 2.30. The van der Waals surface area contributed by atoms with Crippen molar-refractivity contribution in [1.29, 1.82) is 0 Å². The first-order valence-electron chi connectivity index (χ1n) is 10.2. The van der Waals surface area contributed by atoms with Gasteiger partial charge in [0, 0.05) is 20.1 Å². The van der Waals surface area contributed by atoms with Crippen LogP contribution in [-0.2, 0) is 4.79 Å². The minimum Gasteiger partial charge on any atom is -0.490 e. The number of piperidine rings is 1. The van der Waals surface area contributed by atoms with E-state index in [1.807, 2.05) is 17.9 Å². The van der Waals surface area contributed by atoms with Crippen molar-refractivity contribution in [3.8, 4) is 5.75 Å². The topological polar surface area (TPSA) is 66.0 Å². The van der Waals surface area contributed by atoms with Gasteiger partial charge < -0.3 is 20.3 Å². The lowest BCUT2D eigenvalue weighted by Crippen LogP contribution is -2.46. The summed E-state index contributed by atoms with van der Waals surface area (Å²) in [7, 11) is 1.66. The van der Waals surface area contributed by atoms with E-state index in [0.717, 1.165) is 31.5 Å². The molecule has 3 rings (SSSR count). The van der Waals surface area contributed by atoms with Gasteiger partial charge in [0.25, 0.3) is 0 Å². The maximum Gasteiger partial charge on any atom is 0.241 e. The lowest BCUT2D eigenvalue weighted by Gasteiger charge is -2.27. The van der Waals surface area contributed by atoms with Crippen LogP contribution in [0.1, 0.15) is 50.6 Å². The van der Waals surface area contributed by atoms with Gasteiger partial charge in [0.05, 0.1) is 19.2 Å². The number of hydrogen-bond donors (Lipinski definition) is 2. The van der Waals surface area contributed by atoms with E-state index in [1.54, 1.807) is 13.1 Å². The standard InChI is InChI=1S/C21H31FN4O2.HI/c1-15(17-8-9-19(18(22)12-17)28-14-16-6-7-16)25-21(23-2)24-13-20(27)26-10-4-3-5-11-26;/h8-9,12,15-16H,3-7,10-11,13-14H2,1-2H3,(H2,23,24,25);1H. The fourth-order valence-corrected chi connectivity index (χ4v) is 3.29. The highest BCUT2D eigenvalue weighted by atomic mass is 127. The molecule has 1 amide bonds. The minimum absolute atomic E-state index is 0. The normalized spacial score (nSPS) is 17.9. The van der Waals surface area contributed by atoms with Crippen LogP contribution < -0.4 is 15.4 Å². The van der Waals surface area contributed by atoms with Gasteiger partial charge in [-0.3, -0.25) is 9.79 Å². The van der Waals surface area contributed by atoms with Crippen molar-refractivity contribution in [3.63, 3.8) is 0 Å². The fraction of sp³-hybridized carbons (Fsp3) is 0.619. The van der Waals surface area contributed by atoms with Crippen LogP contribution >= 0.6 is 24.0 Å². The number of halogens is 2. The lowest BCUT2D eigenvalue weighted by molar-refractivity contribution is -0.130. The third-order valence-corrected chi connectivity index (χ3v) is 5.32. The number of amides is 1. The molecule has 1 aliphatic carbocycles. The van der Waals surface area contributed by atoms with Gasteiger partial charge in [-0.05, 0) is 62.6 Å². The summed E-state index contributed by atoms with van der Waals surface area (Å²) in [4.78, 5) is 18.4. The second-order valence-corrected chi connectivity index (χ2v) is 7.68. The molecular weight excluding hydrogens is 486 g/mol. The molecule has 1 unspecified atom stereocenters. The van der Waals surface area contributed by atoms with Crippen LogP contribution in [0, 0.1) is 11.7 Å². The number of carbonyl (C=O) groups is 1. The number of nitrogens with zero attached hydrogens (tertiary/aromatic N) is 2. The maximum atomic E-state index is 14.3. The zero-order valence-corrected chi connectivity index (χ0v) is 19.6. The van der Waals surface area contributed by atoms with Crippen LogP contribution in [0.2, 0.25) is 0 Å². The molecule has 0 aromatic heterocycles. The summed E-state index contributed by atoms with van der Waals surface area (Å²) in [6, 6.07) is 4.87. The molecule has 0 radical (unpaired) electrons. The minimum atomic E-state index is -0.352. The summed E-state index contributed by atoms with van der Waals surface area (Å²) in [6.07, 6.45) is 5.68. The Morgan fingerprint density at radius 2 is 2.03 bits per heavy atom. The Balaban J connectivity index is 0.00000300. The number of ether oxygens (including phenoxy) is 1. The number of guanidine groups is 1. The molecule has 2 aliphatic rings. The first-order chi connectivity index (χ1) is 13.6. The Morgan fingerprint density at radius 1 is 1.31 bits per heavy atom. The van der Waals surface area contributed by atoms with Gasteiger partial charge in [-0.2, -0.15) is 0 Å². The average Bonchev–Trinajstić information content (AvgIpc) is 3.54. The summed E-state index contributed by atoms with van der Waals surface area (Å²) in [5, 5.41) is 6.27. The Hall–Kier alpha value is -1.58. The Labute approximate surface area is 189 Å². The molecule has 1 saturated carbocycles. The molecule has 1 aromatic rings. The number of benzene rings is 1. The zero-order chi connectivity index (χ0) is 19.9. The number of hydrogen-bond acceptors (Lipinski definition) is 3. The van der Waals surface area contributed by atoms with E-state index < -0.39 is 0 Å². The van der Waals surface area contributed by atoms with E-state index >= 15 is 0 Å². The average molecular weight is 518 g/mol. The van der Waals surface area contributed by atoms with Crippen molar-refractivity contribution in [2.75, 3.05) is 33.3 Å². The maximum absolute atomic E-state index is 14.3. The predicted octanol–water partition coefficient (Wildman–Crippen LogP) is 3.47. The molecule has 1 atom stereocenters. The van der Waals surface area contributed by atoms with Gasteiger partial charge in [0.1, 0.15) is 0 Å². The van der Waals surface area contributed by atoms with Crippen molar-refractivity contribution in [2.45, 2.75) is 45.1 Å². The highest BCUT2D eigenvalue weighted by molar-refractivity contribution is 14.0. The lowest BCUT2D eigenvalue weighted by atomic mass is 10.1. The Bertz CT molecular complexity index is 706. The van der Waals surface area contributed by atoms with Crippen molar-refractivity contribution in [1.82, 2.24) is 15.5 Å². The number of nitrogens with one attached hydrogen (secondary N) is 2. The zero-order valence-electron chi connectivity index (χ0n) is 17.2. The monoisotopic (exact) mass is 518 g/mol. The Kier molecular flexibility index (Phi) is 9.45. The van der Waals surface area contributed by atoms with Gasteiger partial charge in [-0.1, -0.05) is 6.07 Å². The van der Waals surface area contributed by atoms with Gasteiger partial charge in [0.15, 0.2) is 17.5 Å². The molecule has 8 heteroatoms. The molecular formula is C21H32FIN4O2. The molecule has 6 nitrogen and oxygen atoms in total. The van der Waals surface area contributed by atoms with Crippen LogP contribution in [-0.4, -0.2) is 50.1 Å². The Morgan fingerprint density at radius 3 is 2.66 bits per heavy atom. The quantitative estimate of drug-likeness (QED) is 0.330. The fourth-order valence-electron chi connectivity index (χ4n) is 3.29. The molecule has 1 saturated heterocycles. The first-order valence-corrected chi connectivity index (χ1v) is 10.2.